The van der Waals surface area contributed by atoms with Crippen LogP contribution in [0.5, 0.6) is 5.75 Å². The molecule has 4 aromatic heterocycles. The predicted octanol–water partition coefficient (Wildman–Crippen LogP) is 6.65. The van der Waals surface area contributed by atoms with Gasteiger partial charge in [-0.2, -0.15) is 14.6 Å². The Morgan fingerprint density at radius 3 is 2.56 bits per heavy atom. The SMILES string of the molecule is CCCCOc1ccc(/C=C/c2nc3s/c(=C\c4cn(-c5ccccc5)nc4-c4cc5ccccc5o4)c(=O)n3n2)cc1. The van der Waals surface area contributed by atoms with Crippen molar-refractivity contribution in [2.45, 2.75) is 19.8 Å². The maximum atomic E-state index is 13.4. The van der Waals surface area contributed by atoms with Crippen molar-refractivity contribution in [1.82, 2.24) is 24.4 Å². The van der Waals surface area contributed by atoms with E-state index < -0.39 is 0 Å². The summed E-state index contributed by atoms with van der Waals surface area (Å²) in [5.74, 6) is 1.95. The fourth-order valence-corrected chi connectivity index (χ4v) is 5.64. The first-order valence-electron chi connectivity index (χ1n) is 14.1. The number of hydrogen-bond acceptors (Lipinski definition) is 7. The molecule has 0 unspecified atom stereocenters. The van der Waals surface area contributed by atoms with Gasteiger partial charge in [0.05, 0.1) is 16.8 Å². The Balaban J connectivity index is 1.21. The number of nitrogens with zero attached hydrogens (tertiary/aromatic N) is 5. The maximum absolute atomic E-state index is 13.4. The molecule has 0 saturated carbocycles. The minimum Gasteiger partial charge on any atom is -0.494 e. The minimum atomic E-state index is -0.233. The van der Waals surface area contributed by atoms with Crippen LogP contribution in [0.1, 0.15) is 36.7 Å². The zero-order valence-corrected chi connectivity index (χ0v) is 24.2. The molecule has 212 valence electrons. The first kappa shape index (κ1) is 26.6. The zero-order valence-electron chi connectivity index (χ0n) is 23.4. The van der Waals surface area contributed by atoms with Crippen molar-refractivity contribution < 1.29 is 9.15 Å². The number of rotatable bonds is 9. The molecule has 4 heterocycles. The Bertz CT molecular complexity index is 2140. The number of para-hydroxylation sites is 2. The summed E-state index contributed by atoms with van der Waals surface area (Å²) in [6.07, 6.45) is 9.59. The number of thiazole rings is 1. The summed E-state index contributed by atoms with van der Waals surface area (Å²) in [6, 6.07) is 27.5. The van der Waals surface area contributed by atoms with E-state index in [1.54, 1.807) is 10.8 Å². The highest BCUT2D eigenvalue weighted by Crippen LogP contribution is 2.30. The van der Waals surface area contributed by atoms with Gasteiger partial charge in [0.2, 0.25) is 4.96 Å². The van der Waals surface area contributed by atoms with Crippen LogP contribution in [-0.4, -0.2) is 31.0 Å². The summed E-state index contributed by atoms with van der Waals surface area (Å²) in [7, 11) is 0. The molecule has 3 aromatic carbocycles. The summed E-state index contributed by atoms with van der Waals surface area (Å²) in [4.78, 5) is 18.5. The van der Waals surface area contributed by atoms with E-state index in [0.717, 1.165) is 46.4 Å². The van der Waals surface area contributed by atoms with E-state index in [1.165, 1.54) is 15.9 Å². The third kappa shape index (κ3) is 5.50. The van der Waals surface area contributed by atoms with E-state index in [4.69, 9.17) is 14.3 Å². The normalized spacial score (nSPS) is 12.3. The number of benzene rings is 3. The highest BCUT2D eigenvalue weighted by atomic mass is 32.1. The van der Waals surface area contributed by atoms with Gasteiger partial charge >= 0.3 is 0 Å². The molecule has 0 amide bonds. The average molecular weight is 586 g/mol. The molecule has 9 heteroatoms. The van der Waals surface area contributed by atoms with Crippen LogP contribution < -0.4 is 14.8 Å². The molecule has 0 aliphatic carbocycles. The van der Waals surface area contributed by atoms with Gasteiger partial charge in [0, 0.05) is 17.1 Å². The number of aromatic nitrogens is 5. The van der Waals surface area contributed by atoms with Gasteiger partial charge in [0.1, 0.15) is 17.0 Å². The molecule has 0 N–H and O–H groups in total. The summed E-state index contributed by atoms with van der Waals surface area (Å²) in [6.45, 7) is 2.86. The van der Waals surface area contributed by atoms with Crippen molar-refractivity contribution in [2.75, 3.05) is 6.61 Å². The predicted molar refractivity (Wildman–Crippen MR) is 170 cm³/mol. The van der Waals surface area contributed by atoms with E-state index in [-0.39, 0.29) is 5.56 Å². The van der Waals surface area contributed by atoms with Crippen LogP contribution in [0.15, 0.2) is 100 Å². The fraction of sp³-hybridized carbons (Fsp3) is 0.118. The third-order valence-electron chi connectivity index (χ3n) is 6.98. The van der Waals surface area contributed by atoms with Crippen LogP contribution in [0.3, 0.4) is 0 Å². The molecule has 0 aliphatic heterocycles. The molecule has 7 rings (SSSR count). The Labute approximate surface area is 250 Å². The Morgan fingerprint density at radius 1 is 0.953 bits per heavy atom. The lowest BCUT2D eigenvalue weighted by Gasteiger charge is -2.04. The lowest BCUT2D eigenvalue weighted by molar-refractivity contribution is 0.309. The zero-order chi connectivity index (χ0) is 29.2. The van der Waals surface area contributed by atoms with E-state index in [1.807, 2.05) is 103 Å². The Morgan fingerprint density at radius 2 is 1.77 bits per heavy atom. The first-order chi connectivity index (χ1) is 21.1. The largest absolute Gasteiger partial charge is 0.494 e. The van der Waals surface area contributed by atoms with Crippen LogP contribution in [0.4, 0.5) is 0 Å². The molecule has 0 fully saturated rings. The van der Waals surface area contributed by atoms with Gasteiger partial charge in [-0.25, -0.2) is 4.68 Å². The minimum absolute atomic E-state index is 0.233. The quantitative estimate of drug-likeness (QED) is 0.176. The molecule has 8 nitrogen and oxygen atoms in total. The van der Waals surface area contributed by atoms with Crippen LogP contribution in [-0.2, 0) is 0 Å². The van der Waals surface area contributed by atoms with Gasteiger partial charge in [0.25, 0.3) is 5.56 Å². The number of hydrogen-bond donors (Lipinski definition) is 0. The second-order valence-corrected chi connectivity index (χ2v) is 11.1. The number of furan rings is 1. The molecule has 7 aromatic rings. The van der Waals surface area contributed by atoms with E-state index >= 15 is 0 Å². The molecule has 0 atom stereocenters. The van der Waals surface area contributed by atoms with Gasteiger partial charge in [-0.15, -0.1) is 5.10 Å². The average Bonchev–Trinajstić information content (AvgIpc) is 3.81. The standard InChI is InChI=1S/C34H27N5O3S/c1-2-3-19-41-27-16-13-23(14-17-27)15-18-31-35-34-39(36-31)33(40)30(43-34)21-25-22-38(26-10-5-4-6-11-26)37-32(25)29-20-24-9-7-8-12-28(24)42-29/h4-18,20-22H,2-3,19H2,1H3/b18-15+,30-21-. The Hall–Kier alpha value is -5.28. The van der Waals surface area contributed by atoms with Gasteiger partial charge in [0.15, 0.2) is 11.6 Å². The Kier molecular flexibility index (Phi) is 7.14. The monoisotopic (exact) mass is 585 g/mol. The summed E-state index contributed by atoms with van der Waals surface area (Å²) >= 11 is 1.29. The summed E-state index contributed by atoms with van der Waals surface area (Å²) < 4.78 is 15.5. The van der Waals surface area contributed by atoms with Crippen LogP contribution in [0.25, 0.3) is 51.3 Å². The van der Waals surface area contributed by atoms with Crippen LogP contribution in [0.2, 0.25) is 0 Å². The molecular formula is C34H27N5O3S. The van der Waals surface area contributed by atoms with Crippen molar-refractivity contribution in [3.05, 3.63) is 123 Å². The molecule has 0 saturated heterocycles. The fourth-order valence-electron chi connectivity index (χ4n) is 4.74. The highest BCUT2D eigenvalue weighted by Gasteiger charge is 2.17. The van der Waals surface area contributed by atoms with Crippen molar-refractivity contribution in [3.63, 3.8) is 0 Å². The molecule has 43 heavy (non-hydrogen) atoms. The third-order valence-corrected chi connectivity index (χ3v) is 7.94. The van der Waals surface area contributed by atoms with Crippen molar-refractivity contribution >= 4 is 45.5 Å². The summed E-state index contributed by atoms with van der Waals surface area (Å²) in [5.41, 5.74) is 3.84. The first-order valence-corrected chi connectivity index (χ1v) is 14.9. The van der Waals surface area contributed by atoms with Crippen LogP contribution >= 0.6 is 11.3 Å². The van der Waals surface area contributed by atoms with Crippen molar-refractivity contribution in [2.24, 2.45) is 0 Å². The highest BCUT2D eigenvalue weighted by molar-refractivity contribution is 7.15. The maximum Gasteiger partial charge on any atom is 0.291 e. The number of unbranched alkanes of at least 4 members (excludes halogenated alkanes) is 1. The lowest BCUT2D eigenvalue weighted by atomic mass is 10.2. The number of ether oxygens (including phenoxy) is 1. The molecule has 0 aliphatic rings. The lowest BCUT2D eigenvalue weighted by Crippen LogP contribution is -2.23. The number of fused-ring (bicyclic) bond motifs is 2. The van der Waals surface area contributed by atoms with Gasteiger partial charge in [-0.05, 0) is 60.5 Å². The molecule has 0 spiro atoms. The molecular weight excluding hydrogens is 558 g/mol. The second-order valence-electron chi connectivity index (χ2n) is 10.0. The van der Waals surface area contributed by atoms with Crippen molar-refractivity contribution in [3.8, 4) is 22.9 Å². The van der Waals surface area contributed by atoms with Gasteiger partial charge < -0.3 is 9.15 Å². The molecule has 0 bridgehead atoms. The van der Waals surface area contributed by atoms with E-state index in [0.29, 0.717) is 33.4 Å². The van der Waals surface area contributed by atoms with Gasteiger partial charge in [-0.3, -0.25) is 4.79 Å². The smallest absolute Gasteiger partial charge is 0.291 e. The summed E-state index contributed by atoms with van der Waals surface area (Å²) in [5, 5.41) is 10.3. The molecule has 0 radical (unpaired) electrons. The van der Waals surface area contributed by atoms with Crippen molar-refractivity contribution in [1.29, 1.82) is 0 Å². The van der Waals surface area contributed by atoms with Gasteiger partial charge in [-0.1, -0.05) is 79.3 Å². The van der Waals surface area contributed by atoms with E-state index in [9.17, 15) is 4.79 Å². The van der Waals surface area contributed by atoms with E-state index in [2.05, 4.69) is 17.0 Å². The van der Waals surface area contributed by atoms with Crippen LogP contribution in [0, 0.1) is 0 Å². The second kappa shape index (κ2) is 11.5. The topological polar surface area (TPSA) is 87.5 Å².